The Morgan fingerprint density at radius 2 is 1.86 bits per heavy atom. The second-order valence-corrected chi connectivity index (χ2v) is 9.36. The first-order chi connectivity index (χ1) is 17.2. The Labute approximate surface area is 213 Å². The van der Waals surface area contributed by atoms with Crippen molar-refractivity contribution in [2.24, 2.45) is 0 Å². The van der Waals surface area contributed by atoms with Gasteiger partial charge in [0.2, 0.25) is 0 Å². The van der Waals surface area contributed by atoms with Gasteiger partial charge in [0, 0.05) is 50.5 Å². The molecule has 2 heterocycles. The van der Waals surface area contributed by atoms with E-state index >= 15 is 0 Å². The van der Waals surface area contributed by atoms with Crippen LogP contribution in [0.15, 0.2) is 35.5 Å². The molecule has 0 radical (unpaired) electrons. The van der Waals surface area contributed by atoms with Crippen molar-refractivity contribution in [1.29, 1.82) is 0 Å². The molecule has 4 amide bonds. The van der Waals surface area contributed by atoms with Crippen LogP contribution in [-0.2, 0) is 9.53 Å². The Bertz CT molecular complexity index is 977. The first kappa shape index (κ1) is 27.3. The van der Waals surface area contributed by atoms with Gasteiger partial charge >= 0.3 is 18.0 Å². The number of hydrogen-bond acceptors (Lipinski definition) is 6. The number of urea groups is 2. The van der Waals surface area contributed by atoms with E-state index in [2.05, 4.69) is 15.5 Å². The van der Waals surface area contributed by atoms with E-state index in [1.807, 2.05) is 44.7 Å². The largest absolute Gasteiger partial charge is 0.497 e. The first-order valence-electron chi connectivity index (χ1n) is 12.6. The van der Waals surface area contributed by atoms with Gasteiger partial charge in [-0.2, -0.15) is 0 Å². The van der Waals surface area contributed by atoms with Crippen molar-refractivity contribution in [3.8, 4) is 5.75 Å². The van der Waals surface area contributed by atoms with Crippen LogP contribution in [0, 0.1) is 0 Å². The number of esters is 1. The van der Waals surface area contributed by atoms with Crippen molar-refractivity contribution in [3.05, 3.63) is 41.1 Å². The fourth-order valence-corrected chi connectivity index (χ4v) is 4.72. The van der Waals surface area contributed by atoms with Crippen LogP contribution in [0.5, 0.6) is 5.75 Å². The second-order valence-electron chi connectivity index (χ2n) is 9.36. The number of likely N-dealkylation sites (N-methyl/N-ethyl adjacent to an activating group) is 1. The minimum atomic E-state index is -0.643. The maximum Gasteiger partial charge on any atom is 0.338 e. The molecule has 2 aliphatic rings. The smallest absolute Gasteiger partial charge is 0.338 e. The van der Waals surface area contributed by atoms with Crippen molar-refractivity contribution in [1.82, 2.24) is 25.3 Å². The van der Waals surface area contributed by atoms with E-state index < -0.39 is 12.0 Å². The normalized spacial score (nSPS) is 20.9. The number of rotatable bonds is 8. The summed E-state index contributed by atoms with van der Waals surface area (Å²) in [5.41, 5.74) is 1.83. The van der Waals surface area contributed by atoms with Crippen molar-refractivity contribution in [2.75, 3.05) is 46.4 Å². The van der Waals surface area contributed by atoms with Crippen molar-refractivity contribution < 1.29 is 23.9 Å². The predicted molar refractivity (Wildman–Crippen MR) is 137 cm³/mol. The molecular formula is C26H39N5O5. The highest BCUT2D eigenvalue weighted by Crippen LogP contribution is 2.33. The Morgan fingerprint density at radius 1 is 1.17 bits per heavy atom. The molecule has 1 aromatic carbocycles. The molecule has 2 aliphatic heterocycles. The zero-order valence-corrected chi connectivity index (χ0v) is 22.2. The summed E-state index contributed by atoms with van der Waals surface area (Å²) in [4.78, 5) is 44.6. The van der Waals surface area contributed by atoms with Gasteiger partial charge in [-0.3, -0.25) is 9.80 Å². The third-order valence-corrected chi connectivity index (χ3v) is 6.46. The van der Waals surface area contributed by atoms with Gasteiger partial charge in [-0.05, 0) is 52.3 Å². The van der Waals surface area contributed by atoms with Crippen LogP contribution in [0.25, 0.3) is 0 Å². The second kappa shape index (κ2) is 12.1. The van der Waals surface area contributed by atoms with Gasteiger partial charge in [0.15, 0.2) is 0 Å². The van der Waals surface area contributed by atoms with Gasteiger partial charge in [-0.15, -0.1) is 0 Å². The maximum atomic E-state index is 13.3. The molecule has 0 saturated carbocycles. The van der Waals surface area contributed by atoms with Crippen LogP contribution in [-0.4, -0.2) is 91.3 Å². The van der Waals surface area contributed by atoms with Gasteiger partial charge in [-0.25, -0.2) is 14.4 Å². The highest BCUT2D eigenvalue weighted by atomic mass is 16.5. The molecule has 198 valence electrons. The van der Waals surface area contributed by atoms with Gasteiger partial charge in [-0.1, -0.05) is 12.1 Å². The summed E-state index contributed by atoms with van der Waals surface area (Å²) >= 11 is 0. The molecule has 2 atom stereocenters. The first-order valence-corrected chi connectivity index (χ1v) is 12.6. The number of amides is 4. The molecule has 10 heteroatoms. The lowest BCUT2D eigenvalue weighted by Crippen LogP contribution is -2.58. The van der Waals surface area contributed by atoms with E-state index in [9.17, 15) is 14.4 Å². The number of nitrogens with zero attached hydrogens (tertiary/aromatic N) is 3. The highest BCUT2D eigenvalue weighted by Gasteiger charge is 2.39. The van der Waals surface area contributed by atoms with E-state index in [0.29, 0.717) is 49.7 Å². The zero-order valence-electron chi connectivity index (χ0n) is 22.2. The van der Waals surface area contributed by atoms with E-state index in [-0.39, 0.29) is 30.8 Å². The summed E-state index contributed by atoms with van der Waals surface area (Å²) in [6.07, 6.45) is 0. The molecule has 10 nitrogen and oxygen atoms in total. The van der Waals surface area contributed by atoms with Crippen LogP contribution in [0.1, 0.15) is 46.2 Å². The number of carbonyl (C=O) groups excluding carboxylic acids is 3. The standard InChI is InChI=1S/C26H39N5O5/c1-7-30-21(16-29-13-14-31(18(5)15-29)25(33)27-17(3)4)22(24(32)36-8-2)23(28-26(30)34)19-9-11-20(35-6)12-10-19/h9-12,17-18,23H,7-8,13-16H2,1-6H3,(H,27,33)(H,28,34)/t18-,23+/m0/s1. The molecule has 1 fully saturated rings. The monoisotopic (exact) mass is 501 g/mol. The molecule has 0 aliphatic carbocycles. The Balaban J connectivity index is 1.94. The zero-order chi connectivity index (χ0) is 26.4. The molecule has 0 bridgehead atoms. The lowest BCUT2D eigenvalue weighted by molar-refractivity contribution is -0.139. The Hall–Kier alpha value is -3.27. The van der Waals surface area contributed by atoms with Crippen LogP contribution >= 0.6 is 0 Å². The minimum absolute atomic E-state index is 0.0194. The van der Waals surface area contributed by atoms with E-state index in [1.165, 1.54) is 0 Å². The Kier molecular flexibility index (Phi) is 9.19. The number of benzene rings is 1. The number of ether oxygens (including phenoxy) is 2. The fraction of sp³-hybridized carbons (Fsp3) is 0.577. The number of hydrogen-bond donors (Lipinski definition) is 2. The SMILES string of the molecule is CCOC(=O)C1=C(CN2CCN(C(=O)NC(C)C)[C@@H](C)C2)N(CC)C(=O)N[C@@H]1c1ccc(OC)cc1. The topological polar surface area (TPSA) is 103 Å². The molecule has 0 spiro atoms. The number of carbonyl (C=O) groups is 3. The van der Waals surface area contributed by atoms with Crippen molar-refractivity contribution >= 4 is 18.0 Å². The third-order valence-electron chi connectivity index (χ3n) is 6.46. The summed E-state index contributed by atoms with van der Waals surface area (Å²) in [5.74, 6) is 0.237. The Morgan fingerprint density at radius 3 is 2.42 bits per heavy atom. The summed E-state index contributed by atoms with van der Waals surface area (Å²) < 4.78 is 10.7. The van der Waals surface area contributed by atoms with Crippen LogP contribution < -0.4 is 15.4 Å². The number of piperazine rings is 1. The quantitative estimate of drug-likeness (QED) is 0.531. The molecule has 0 unspecified atom stereocenters. The summed E-state index contributed by atoms with van der Waals surface area (Å²) in [6.45, 7) is 12.4. The van der Waals surface area contributed by atoms with Crippen molar-refractivity contribution in [2.45, 2.75) is 52.7 Å². The van der Waals surface area contributed by atoms with E-state index in [0.717, 1.165) is 5.56 Å². The van der Waals surface area contributed by atoms with Gasteiger partial charge in [0.1, 0.15) is 5.75 Å². The maximum absolute atomic E-state index is 13.3. The molecule has 1 aromatic rings. The van der Waals surface area contributed by atoms with Crippen LogP contribution in [0.3, 0.4) is 0 Å². The lowest BCUT2D eigenvalue weighted by atomic mass is 9.94. The number of methoxy groups -OCH3 is 1. The molecular weight excluding hydrogens is 462 g/mol. The summed E-state index contributed by atoms with van der Waals surface area (Å²) in [5, 5.41) is 5.94. The molecule has 2 N–H and O–H groups in total. The highest BCUT2D eigenvalue weighted by molar-refractivity contribution is 5.95. The van der Waals surface area contributed by atoms with Crippen LogP contribution in [0.4, 0.5) is 9.59 Å². The van der Waals surface area contributed by atoms with Gasteiger partial charge in [0.05, 0.1) is 25.3 Å². The molecule has 36 heavy (non-hydrogen) atoms. The molecule has 0 aromatic heterocycles. The molecule has 3 rings (SSSR count). The molecule has 1 saturated heterocycles. The average molecular weight is 502 g/mol. The van der Waals surface area contributed by atoms with E-state index in [4.69, 9.17) is 9.47 Å². The van der Waals surface area contributed by atoms with Crippen LogP contribution in [0.2, 0.25) is 0 Å². The lowest BCUT2D eigenvalue weighted by Gasteiger charge is -2.43. The summed E-state index contributed by atoms with van der Waals surface area (Å²) in [6, 6.07) is 6.36. The van der Waals surface area contributed by atoms with E-state index in [1.54, 1.807) is 31.1 Å². The third kappa shape index (κ3) is 6.10. The van der Waals surface area contributed by atoms with Crippen molar-refractivity contribution in [3.63, 3.8) is 0 Å². The van der Waals surface area contributed by atoms with Gasteiger partial charge < -0.3 is 25.0 Å². The minimum Gasteiger partial charge on any atom is -0.497 e. The predicted octanol–water partition coefficient (Wildman–Crippen LogP) is 2.72. The summed E-state index contributed by atoms with van der Waals surface area (Å²) in [7, 11) is 1.59. The van der Waals surface area contributed by atoms with Gasteiger partial charge in [0.25, 0.3) is 0 Å². The fourth-order valence-electron chi connectivity index (χ4n) is 4.72. The number of nitrogens with one attached hydrogen (secondary N) is 2. The average Bonchev–Trinajstić information content (AvgIpc) is 2.83.